The van der Waals surface area contributed by atoms with Gasteiger partial charge < -0.3 is 5.11 Å². The average molecular weight is 283 g/mol. The Bertz CT molecular complexity index is 554. The van der Waals surface area contributed by atoms with Crippen LogP contribution in [-0.4, -0.2) is 31.4 Å². The summed E-state index contributed by atoms with van der Waals surface area (Å²) < 4.78 is 26.3. The van der Waals surface area contributed by atoms with Crippen molar-refractivity contribution < 1.29 is 13.5 Å². The Kier molecular flexibility index (Phi) is 3.99. The van der Waals surface area contributed by atoms with Crippen molar-refractivity contribution in [1.82, 2.24) is 4.31 Å². The first-order chi connectivity index (χ1) is 8.82. The largest absolute Gasteiger partial charge is 0.389 e. The Morgan fingerprint density at radius 3 is 2.63 bits per heavy atom. The minimum absolute atomic E-state index is 0.252. The minimum atomic E-state index is -3.45. The molecule has 5 heteroatoms. The molecule has 0 aliphatic heterocycles. The van der Waals surface area contributed by atoms with E-state index in [9.17, 15) is 13.5 Å². The molecule has 3 unspecified atom stereocenters. The minimum Gasteiger partial charge on any atom is -0.389 e. The van der Waals surface area contributed by atoms with Gasteiger partial charge in [-0.05, 0) is 42.9 Å². The van der Waals surface area contributed by atoms with Gasteiger partial charge in [-0.15, -0.1) is 0 Å². The molecule has 106 valence electrons. The van der Waals surface area contributed by atoms with Crippen molar-refractivity contribution >= 4 is 10.0 Å². The topological polar surface area (TPSA) is 57.6 Å². The average Bonchev–Trinajstić information content (AvgIpc) is 3.05. The molecule has 0 heterocycles. The molecule has 1 aromatic carbocycles. The lowest BCUT2D eigenvalue weighted by molar-refractivity contribution is 0.199. The molecule has 0 amide bonds. The summed E-state index contributed by atoms with van der Waals surface area (Å²) >= 11 is 0. The van der Waals surface area contributed by atoms with Crippen molar-refractivity contribution in [2.24, 2.45) is 11.8 Å². The third-order valence-electron chi connectivity index (χ3n) is 3.82. The number of aliphatic hydroxyl groups is 1. The monoisotopic (exact) mass is 283 g/mol. The van der Waals surface area contributed by atoms with Crippen molar-refractivity contribution in [2.75, 3.05) is 13.6 Å². The summed E-state index contributed by atoms with van der Waals surface area (Å²) in [5.74, 6) is 1.11. The summed E-state index contributed by atoms with van der Waals surface area (Å²) in [6, 6.07) is 6.52. The standard InChI is InChI=1S/C14H21NO3S/c1-10-7-13(10)9-15(3)19(17,18)14-6-4-5-12(8-14)11(2)16/h4-6,8,10-11,13,16H,7,9H2,1-3H3. The molecule has 0 aromatic heterocycles. The van der Waals surface area contributed by atoms with Crippen LogP contribution in [-0.2, 0) is 10.0 Å². The van der Waals surface area contributed by atoms with Crippen molar-refractivity contribution in [3.05, 3.63) is 29.8 Å². The zero-order valence-corrected chi connectivity index (χ0v) is 12.4. The predicted octanol–water partition coefficient (Wildman–Crippen LogP) is 2.02. The zero-order valence-electron chi connectivity index (χ0n) is 11.6. The van der Waals surface area contributed by atoms with Gasteiger partial charge in [-0.1, -0.05) is 19.1 Å². The Morgan fingerprint density at radius 1 is 1.47 bits per heavy atom. The van der Waals surface area contributed by atoms with Crippen LogP contribution in [0.4, 0.5) is 0 Å². The third kappa shape index (κ3) is 3.16. The molecule has 1 saturated carbocycles. The zero-order chi connectivity index (χ0) is 14.2. The van der Waals surface area contributed by atoms with Crippen LogP contribution < -0.4 is 0 Å². The van der Waals surface area contributed by atoms with E-state index in [1.165, 1.54) is 4.31 Å². The van der Waals surface area contributed by atoms with E-state index < -0.39 is 16.1 Å². The SMILES string of the molecule is CC(O)c1cccc(S(=O)(=O)N(C)CC2CC2C)c1. The van der Waals surface area contributed by atoms with E-state index in [1.54, 1.807) is 38.2 Å². The molecule has 4 nitrogen and oxygen atoms in total. The lowest BCUT2D eigenvalue weighted by Gasteiger charge is -2.18. The van der Waals surface area contributed by atoms with E-state index in [0.717, 1.165) is 6.42 Å². The van der Waals surface area contributed by atoms with Crippen molar-refractivity contribution in [1.29, 1.82) is 0 Å². The van der Waals surface area contributed by atoms with Crippen molar-refractivity contribution in [2.45, 2.75) is 31.3 Å². The summed E-state index contributed by atoms with van der Waals surface area (Å²) in [7, 11) is -1.83. The number of benzene rings is 1. The summed E-state index contributed by atoms with van der Waals surface area (Å²) in [5.41, 5.74) is 0.620. The molecule has 1 aromatic rings. The second-order valence-electron chi connectivity index (χ2n) is 5.51. The molecule has 0 spiro atoms. The van der Waals surface area contributed by atoms with Gasteiger partial charge >= 0.3 is 0 Å². The first-order valence-corrected chi connectivity index (χ1v) is 8.00. The van der Waals surface area contributed by atoms with E-state index in [-0.39, 0.29) is 4.90 Å². The molecule has 0 radical (unpaired) electrons. The fourth-order valence-corrected chi connectivity index (χ4v) is 3.48. The Morgan fingerprint density at radius 2 is 2.11 bits per heavy atom. The van der Waals surface area contributed by atoms with Gasteiger partial charge in [-0.2, -0.15) is 0 Å². The van der Waals surface area contributed by atoms with Crippen LogP contribution >= 0.6 is 0 Å². The third-order valence-corrected chi connectivity index (χ3v) is 5.64. The van der Waals surface area contributed by atoms with E-state index in [4.69, 9.17) is 0 Å². The molecule has 0 saturated heterocycles. The highest BCUT2D eigenvalue weighted by Gasteiger charge is 2.36. The Hall–Kier alpha value is -0.910. The van der Waals surface area contributed by atoms with E-state index in [1.807, 2.05) is 0 Å². The van der Waals surface area contributed by atoms with Gasteiger partial charge in [0.2, 0.25) is 10.0 Å². The van der Waals surface area contributed by atoms with Gasteiger partial charge in [-0.25, -0.2) is 12.7 Å². The van der Waals surface area contributed by atoms with Crippen LogP contribution in [0.2, 0.25) is 0 Å². The van der Waals surface area contributed by atoms with Gasteiger partial charge in [-0.3, -0.25) is 0 Å². The first kappa shape index (κ1) is 14.5. The highest BCUT2D eigenvalue weighted by atomic mass is 32.2. The lowest BCUT2D eigenvalue weighted by atomic mass is 10.1. The molecule has 3 atom stereocenters. The number of sulfonamides is 1. The maximum absolute atomic E-state index is 12.4. The second kappa shape index (κ2) is 5.23. The first-order valence-electron chi connectivity index (χ1n) is 6.56. The van der Waals surface area contributed by atoms with Crippen LogP contribution in [0.15, 0.2) is 29.2 Å². The van der Waals surface area contributed by atoms with Gasteiger partial charge in [0.15, 0.2) is 0 Å². The molecule has 2 rings (SSSR count). The molecule has 1 fully saturated rings. The highest BCUT2D eigenvalue weighted by Crippen LogP contribution is 2.38. The number of hydrogen-bond donors (Lipinski definition) is 1. The number of rotatable bonds is 5. The van der Waals surface area contributed by atoms with Crippen LogP contribution in [0, 0.1) is 11.8 Å². The summed E-state index contributed by atoms with van der Waals surface area (Å²) in [4.78, 5) is 0.252. The highest BCUT2D eigenvalue weighted by molar-refractivity contribution is 7.89. The maximum atomic E-state index is 12.4. The van der Waals surface area contributed by atoms with Gasteiger partial charge in [0, 0.05) is 13.6 Å². The summed E-state index contributed by atoms with van der Waals surface area (Å²) in [6.07, 6.45) is 0.442. The van der Waals surface area contributed by atoms with Crippen LogP contribution in [0.5, 0.6) is 0 Å². The number of aliphatic hydroxyl groups excluding tert-OH is 1. The predicted molar refractivity (Wildman–Crippen MR) is 74.2 cm³/mol. The van der Waals surface area contributed by atoms with Crippen LogP contribution in [0.1, 0.15) is 31.9 Å². The molecule has 0 bridgehead atoms. The summed E-state index contributed by atoms with van der Waals surface area (Å²) in [5, 5.41) is 9.53. The van der Waals surface area contributed by atoms with E-state index >= 15 is 0 Å². The Balaban J connectivity index is 2.20. The molecule has 1 aliphatic rings. The van der Waals surface area contributed by atoms with E-state index in [0.29, 0.717) is 23.9 Å². The van der Waals surface area contributed by atoms with Crippen LogP contribution in [0.3, 0.4) is 0 Å². The smallest absolute Gasteiger partial charge is 0.242 e. The Labute approximate surface area is 115 Å². The molecule has 19 heavy (non-hydrogen) atoms. The van der Waals surface area contributed by atoms with Crippen molar-refractivity contribution in [3.63, 3.8) is 0 Å². The molecular formula is C14H21NO3S. The number of hydrogen-bond acceptors (Lipinski definition) is 3. The fourth-order valence-electron chi connectivity index (χ4n) is 2.20. The lowest BCUT2D eigenvalue weighted by Crippen LogP contribution is -2.29. The van der Waals surface area contributed by atoms with Crippen molar-refractivity contribution in [3.8, 4) is 0 Å². The van der Waals surface area contributed by atoms with Gasteiger partial charge in [0.25, 0.3) is 0 Å². The molecule has 1 N–H and O–H groups in total. The van der Waals surface area contributed by atoms with E-state index in [2.05, 4.69) is 6.92 Å². The number of nitrogens with zero attached hydrogens (tertiary/aromatic N) is 1. The maximum Gasteiger partial charge on any atom is 0.242 e. The fraction of sp³-hybridized carbons (Fsp3) is 0.571. The quantitative estimate of drug-likeness (QED) is 0.899. The van der Waals surface area contributed by atoms with Gasteiger partial charge in [0.1, 0.15) is 0 Å². The molecule has 1 aliphatic carbocycles. The normalized spacial score (nSPS) is 24.5. The van der Waals surface area contributed by atoms with Crippen LogP contribution in [0.25, 0.3) is 0 Å². The van der Waals surface area contributed by atoms with Gasteiger partial charge in [0.05, 0.1) is 11.0 Å². The molecular weight excluding hydrogens is 262 g/mol. The second-order valence-corrected chi connectivity index (χ2v) is 7.55. The summed E-state index contributed by atoms with van der Waals surface area (Å²) in [6.45, 7) is 4.34.